The number of aliphatic hydroxyl groups excluding tert-OH is 1. The Kier molecular flexibility index (Phi) is 14.9. The van der Waals surface area contributed by atoms with Crippen LogP contribution in [0, 0.1) is 23.8 Å². The van der Waals surface area contributed by atoms with Crippen LogP contribution in [0.5, 0.6) is 0 Å². The Morgan fingerprint density at radius 1 is 0.918 bits per heavy atom. The second kappa shape index (κ2) is 18.2. The minimum absolute atomic E-state index is 0. The molecule has 0 atom stereocenters. The van der Waals surface area contributed by atoms with Gasteiger partial charge in [-0.05, 0) is 72.1 Å². The van der Waals surface area contributed by atoms with E-state index in [9.17, 15) is 9.90 Å². The molecule has 0 unspecified atom stereocenters. The van der Waals surface area contributed by atoms with Crippen molar-refractivity contribution in [1.29, 1.82) is 0 Å². The number of ketones is 1. The molecular weight excluding hydrogens is 801 g/mol. The molecule has 0 spiro atoms. The van der Waals surface area contributed by atoms with E-state index >= 15 is 0 Å². The number of carbonyl (C=O) groups excluding carboxylic acids is 1. The van der Waals surface area contributed by atoms with Crippen molar-refractivity contribution >= 4 is 38.1 Å². The van der Waals surface area contributed by atoms with Crippen molar-refractivity contribution in [2.24, 2.45) is 17.8 Å². The van der Waals surface area contributed by atoms with Gasteiger partial charge in [0.05, 0.1) is 16.0 Å². The zero-order valence-corrected chi connectivity index (χ0v) is 33.9. The first-order valence-corrected chi connectivity index (χ1v) is 18.5. The van der Waals surface area contributed by atoms with Crippen LogP contribution < -0.4 is 0 Å². The summed E-state index contributed by atoms with van der Waals surface area (Å²) in [5, 5.41) is 14.4. The molecule has 0 aliphatic rings. The third-order valence-electron chi connectivity index (χ3n) is 9.17. The van der Waals surface area contributed by atoms with Crippen LogP contribution in [0.25, 0.3) is 43.4 Å². The smallest absolute Gasteiger partial charge is 0.162 e. The van der Waals surface area contributed by atoms with Crippen molar-refractivity contribution in [3.05, 3.63) is 95.3 Å². The molecule has 0 fully saturated rings. The minimum Gasteiger partial charge on any atom is -0.512 e. The summed E-state index contributed by atoms with van der Waals surface area (Å²) in [6, 6.07) is 20.8. The summed E-state index contributed by atoms with van der Waals surface area (Å²) in [5.41, 5.74) is 8.22. The average molecular weight is 854 g/mol. The summed E-state index contributed by atoms with van der Waals surface area (Å²) in [6.45, 7) is 19.4. The van der Waals surface area contributed by atoms with E-state index in [-0.39, 0.29) is 48.9 Å². The largest absolute Gasteiger partial charge is 0.512 e. The van der Waals surface area contributed by atoms with E-state index < -0.39 is 0 Å². The second-order valence-electron chi connectivity index (χ2n) is 14.2. The zero-order chi connectivity index (χ0) is 35.0. The summed E-state index contributed by atoms with van der Waals surface area (Å²) in [6.07, 6.45) is 9.82. The van der Waals surface area contributed by atoms with Gasteiger partial charge in [-0.1, -0.05) is 97.5 Å². The number of allylic oxidation sites excluding steroid dienone is 2. The number of hydrogen-bond acceptors (Lipinski definition) is 5. The SMILES string of the molecule is CC(C)Cc1csc2c(-c3ccnc(-c4[c-]c5ccccc5c(C(C)(C)C)c4)c3)ccnc12.CCC(CC)C(=O)/C=C(\O)C(CC)CC.[Ir]. The maximum atomic E-state index is 11.7. The molecule has 1 radical (unpaired) electrons. The number of fused-ring (bicyclic) bond motifs is 2. The quantitative estimate of drug-likeness (QED) is 0.0817. The zero-order valence-electron chi connectivity index (χ0n) is 30.7. The number of aliphatic hydroxyl groups is 1. The monoisotopic (exact) mass is 854 g/mol. The van der Waals surface area contributed by atoms with E-state index in [1.807, 2.05) is 40.1 Å². The maximum Gasteiger partial charge on any atom is 0.162 e. The normalized spacial score (nSPS) is 12.0. The Bertz CT molecular complexity index is 1860. The van der Waals surface area contributed by atoms with Crippen molar-refractivity contribution in [3.8, 4) is 22.4 Å². The van der Waals surface area contributed by atoms with Crippen LogP contribution in [-0.4, -0.2) is 20.9 Å². The van der Waals surface area contributed by atoms with Gasteiger partial charge in [0.25, 0.3) is 0 Å². The number of thiophene rings is 1. The van der Waals surface area contributed by atoms with Crippen molar-refractivity contribution < 1.29 is 30.0 Å². The summed E-state index contributed by atoms with van der Waals surface area (Å²) in [7, 11) is 0. The Hall–Kier alpha value is -3.18. The van der Waals surface area contributed by atoms with E-state index in [0.29, 0.717) is 5.92 Å². The van der Waals surface area contributed by atoms with Gasteiger partial charge < -0.3 is 5.11 Å². The van der Waals surface area contributed by atoms with Gasteiger partial charge in [0, 0.05) is 61.7 Å². The van der Waals surface area contributed by atoms with E-state index in [4.69, 9.17) is 9.97 Å². The van der Waals surface area contributed by atoms with E-state index in [1.165, 1.54) is 38.4 Å². The van der Waals surface area contributed by atoms with Gasteiger partial charge in [0.2, 0.25) is 0 Å². The first kappa shape index (κ1) is 40.3. The van der Waals surface area contributed by atoms with Crippen LogP contribution in [0.2, 0.25) is 0 Å². The number of rotatable bonds is 11. The van der Waals surface area contributed by atoms with Crippen LogP contribution in [0.15, 0.2) is 78.1 Å². The fraction of sp³-hybridized carbons (Fsp3) is 0.419. The molecule has 6 heteroatoms. The molecule has 0 aliphatic heterocycles. The first-order chi connectivity index (χ1) is 22.9. The van der Waals surface area contributed by atoms with Gasteiger partial charge in [-0.3, -0.25) is 14.8 Å². The van der Waals surface area contributed by atoms with Crippen molar-refractivity contribution in [2.75, 3.05) is 0 Å². The molecular formula is C43H53IrN2O2S-. The number of nitrogens with zero attached hydrogens (tertiary/aromatic N) is 2. The molecule has 0 bridgehead atoms. The number of aromatic nitrogens is 2. The molecule has 2 aromatic carbocycles. The second-order valence-corrected chi connectivity index (χ2v) is 15.1. The van der Waals surface area contributed by atoms with Crippen LogP contribution in [0.1, 0.15) is 99.1 Å². The summed E-state index contributed by atoms with van der Waals surface area (Å²) in [4.78, 5) is 21.2. The molecule has 5 aromatic rings. The third-order valence-corrected chi connectivity index (χ3v) is 10.2. The molecule has 3 heterocycles. The Morgan fingerprint density at radius 3 is 2.20 bits per heavy atom. The Balaban J connectivity index is 0.000000347. The summed E-state index contributed by atoms with van der Waals surface area (Å²) >= 11 is 1.80. The fourth-order valence-electron chi connectivity index (χ4n) is 6.31. The standard InChI is InChI=1S/C30H29N2S.C13H24O2.Ir/c1-19(2)14-23-18-33-29-25(11-13-32-28(23)29)21-10-12-31-27(17-21)22-15-20-8-6-7-9-24(20)26(16-22)30(3,4)5;1-5-10(6-2)12(14)9-13(15)11(7-3)8-4;/h6-13,16-19H,14H2,1-5H3;9-11,14H,5-8H2,1-4H3;/q-1;;/b;12-9-;. The minimum atomic E-state index is 0. The van der Waals surface area contributed by atoms with Crippen molar-refractivity contribution in [3.63, 3.8) is 0 Å². The summed E-state index contributed by atoms with van der Waals surface area (Å²) < 4.78 is 1.25. The van der Waals surface area contributed by atoms with Gasteiger partial charge in [-0.2, -0.15) is 0 Å². The van der Waals surface area contributed by atoms with Gasteiger partial charge >= 0.3 is 0 Å². The van der Waals surface area contributed by atoms with E-state index in [0.717, 1.165) is 54.3 Å². The molecule has 4 nitrogen and oxygen atoms in total. The van der Waals surface area contributed by atoms with Gasteiger partial charge in [-0.15, -0.1) is 40.5 Å². The van der Waals surface area contributed by atoms with Crippen molar-refractivity contribution in [1.82, 2.24) is 9.97 Å². The molecule has 0 saturated carbocycles. The van der Waals surface area contributed by atoms with Gasteiger partial charge in [-0.25, -0.2) is 0 Å². The number of pyridine rings is 2. The molecule has 5 rings (SSSR count). The van der Waals surface area contributed by atoms with Crippen LogP contribution in [0.4, 0.5) is 0 Å². The number of hydrogen-bond donors (Lipinski definition) is 1. The van der Waals surface area contributed by atoms with E-state index in [1.54, 1.807) is 11.3 Å². The Labute approximate surface area is 311 Å². The fourth-order valence-corrected chi connectivity index (χ4v) is 7.38. The number of benzene rings is 2. The molecule has 0 amide bonds. The number of carbonyl (C=O) groups is 1. The first-order valence-electron chi connectivity index (χ1n) is 17.6. The van der Waals surface area contributed by atoms with E-state index in [2.05, 4.69) is 94.6 Å². The van der Waals surface area contributed by atoms with Gasteiger partial charge in [0.1, 0.15) is 0 Å². The molecule has 49 heavy (non-hydrogen) atoms. The summed E-state index contributed by atoms with van der Waals surface area (Å²) in [5.74, 6) is 1.16. The molecule has 3 aromatic heterocycles. The van der Waals surface area contributed by atoms with Crippen LogP contribution in [0.3, 0.4) is 0 Å². The topological polar surface area (TPSA) is 63.1 Å². The predicted octanol–water partition coefficient (Wildman–Crippen LogP) is 12.3. The average Bonchev–Trinajstić information content (AvgIpc) is 3.47. The molecule has 1 N–H and O–H groups in total. The van der Waals surface area contributed by atoms with Gasteiger partial charge in [0.15, 0.2) is 5.78 Å². The van der Waals surface area contributed by atoms with Crippen LogP contribution in [-0.2, 0) is 36.7 Å². The maximum absolute atomic E-state index is 11.7. The predicted molar refractivity (Wildman–Crippen MR) is 206 cm³/mol. The molecule has 263 valence electrons. The molecule has 0 aliphatic carbocycles. The van der Waals surface area contributed by atoms with Crippen molar-refractivity contribution in [2.45, 2.75) is 99.8 Å². The molecule has 0 saturated heterocycles. The van der Waals surface area contributed by atoms with Crippen LogP contribution >= 0.6 is 11.3 Å². The third kappa shape index (κ3) is 9.96. The Morgan fingerprint density at radius 2 is 1.57 bits per heavy atom.